The van der Waals surface area contributed by atoms with Crippen molar-refractivity contribution in [3.05, 3.63) is 29.5 Å². The minimum atomic E-state index is -0.0725. The number of carbonyl (C=O) groups is 1. The number of aromatic nitrogens is 3. The van der Waals surface area contributed by atoms with E-state index in [1.54, 1.807) is 43.7 Å². The van der Waals surface area contributed by atoms with Crippen molar-refractivity contribution in [2.24, 2.45) is 0 Å². The van der Waals surface area contributed by atoms with Crippen molar-refractivity contribution in [2.75, 3.05) is 27.3 Å². The van der Waals surface area contributed by atoms with Gasteiger partial charge in [-0.1, -0.05) is 0 Å². The van der Waals surface area contributed by atoms with E-state index < -0.39 is 0 Å². The summed E-state index contributed by atoms with van der Waals surface area (Å²) in [6.07, 6.45) is 4.86. The maximum Gasteiger partial charge on any atom is 0.265 e. The summed E-state index contributed by atoms with van der Waals surface area (Å²) in [5.74, 6) is 0.461. The largest absolute Gasteiger partial charge is 0.383 e. The van der Waals surface area contributed by atoms with E-state index in [-0.39, 0.29) is 5.91 Å². The Bertz CT molecular complexity index is 544. The fourth-order valence-electron chi connectivity index (χ4n) is 1.40. The molecule has 0 aliphatic rings. The fourth-order valence-corrected chi connectivity index (χ4v) is 2.26. The van der Waals surface area contributed by atoms with E-state index in [0.717, 1.165) is 0 Å². The van der Waals surface area contributed by atoms with Crippen LogP contribution in [0, 0.1) is 0 Å². The molecule has 100 valence electrons. The summed E-state index contributed by atoms with van der Waals surface area (Å²) in [4.78, 5) is 26.7. The molecular weight excluding hydrogens is 264 g/mol. The Kier molecular flexibility index (Phi) is 4.53. The first kappa shape index (κ1) is 13.6. The van der Waals surface area contributed by atoms with E-state index in [4.69, 9.17) is 4.74 Å². The van der Waals surface area contributed by atoms with Crippen LogP contribution in [0.1, 0.15) is 9.67 Å². The molecule has 0 aromatic carbocycles. The molecule has 0 radical (unpaired) electrons. The van der Waals surface area contributed by atoms with Crippen LogP contribution in [0.5, 0.6) is 0 Å². The molecule has 2 heterocycles. The molecule has 0 spiro atoms. The first-order valence-electron chi connectivity index (χ1n) is 5.70. The summed E-state index contributed by atoms with van der Waals surface area (Å²) >= 11 is 1.29. The van der Waals surface area contributed by atoms with Crippen molar-refractivity contribution in [3.63, 3.8) is 0 Å². The molecule has 0 aliphatic carbocycles. The smallest absolute Gasteiger partial charge is 0.265 e. The van der Waals surface area contributed by atoms with Crippen LogP contribution in [0.4, 0.5) is 0 Å². The molecule has 2 aromatic rings. The molecule has 1 amide bonds. The van der Waals surface area contributed by atoms with Gasteiger partial charge in [0.1, 0.15) is 4.88 Å². The predicted molar refractivity (Wildman–Crippen MR) is 72.0 cm³/mol. The summed E-state index contributed by atoms with van der Waals surface area (Å²) in [7, 11) is 3.34. The van der Waals surface area contributed by atoms with Crippen LogP contribution in [0.2, 0.25) is 0 Å². The van der Waals surface area contributed by atoms with Gasteiger partial charge >= 0.3 is 0 Å². The lowest BCUT2D eigenvalue weighted by Gasteiger charge is -2.14. The summed E-state index contributed by atoms with van der Waals surface area (Å²) in [5, 5.41) is 0.643. The number of hydrogen-bond donors (Lipinski definition) is 0. The van der Waals surface area contributed by atoms with Gasteiger partial charge < -0.3 is 9.64 Å². The molecule has 0 N–H and O–H groups in total. The van der Waals surface area contributed by atoms with Crippen LogP contribution in [-0.2, 0) is 4.74 Å². The Morgan fingerprint density at radius 2 is 2.11 bits per heavy atom. The fraction of sp³-hybridized carbons (Fsp3) is 0.333. The van der Waals surface area contributed by atoms with E-state index in [2.05, 4.69) is 15.0 Å². The maximum absolute atomic E-state index is 12.1. The van der Waals surface area contributed by atoms with Crippen molar-refractivity contribution in [1.29, 1.82) is 0 Å². The van der Waals surface area contributed by atoms with Gasteiger partial charge in [-0.15, -0.1) is 11.3 Å². The van der Waals surface area contributed by atoms with E-state index in [9.17, 15) is 4.79 Å². The van der Waals surface area contributed by atoms with Gasteiger partial charge in [-0.25, -0.2) is 15.0 Å². The zero-order chi connectivity index (χ0) is 13.7. The molecule has 0 unspecified atom stereocenters. The molecule has 0 atom stereocenters. The summed E-state index contributed by atoms with van der Waals surface area (Å²) in [6, 6.07) is 1.74. The van der Waals surface area contributed by atoms with E-state index in [1.807, 2.05) is 0 Å². The Balaban J connectivity index is 2.11. The summed E-state index contributed by atoms with van der Waals surface area (Å²) < 4.78 is 4.95. The second kappa shape index (κ2) is 6.35. The van der Waals surface area contributed by atoms with E-state index in [0.29, 0.717) is 28.9 Å². The van der Waals surface area contributed by atoms with Gasteiger partial charge in [-0.2, -0.15) is 0 Å². The lowest BCUT2D eigenvalue weighted by atomic mass is 10.4. The monoisotopic (exact) mass is 278 g/mol. The second-order valence-corrected chi connectivity index (χ2v) is 4.85. The Hall–Kier alpha value is -1.86. The minimum Gasteiger partial charge on any atom is -0.383 e. The molecule has 0 saturated heterocycles. The molecule has 7 heteroatoms. The summed E-state index contributed by atoms with van der Waals surface area (Å²) in [6.45, 7) is 1.06. The number of thiazole rings is 1. The lowest BCUT2D eigenvalue weighted by Crippen LogP contribution is -2.29. The minimum absolute atomic E-state index is 0.0725. The number of hydrogen-bond acceptors (Lipinski definition) is 6. The molecule has 2 rings (SSSR count). The van der Waals surface area contributed by atoms with Crippen molar-refractivity contribution < 1.29 is 9.53 Å². The third kappa shape index (κ3) is 3.33. The topological polar surface area (TPSA) is 68.2 Å². The molecule has 0 saturated carbocycles. The second-order valence-electron chi connectivity index (χ2n) is 3.82. The highest BCUT2D eigenvalue weighted by Gasteiger charge is 2.16. The van der Waals surface area contributed by atoms with Crippen LogP contribution >= 0.6 is 11.3 Å². The van der Waals surface area contributed by atoms with Crippen LogP contribution in [0.15, 0.2) is 24.7 Å². The SMILES string of the molecule is COCCN(C)C(=O)c1cnc(-c2ncccn2)s1. The summed E-state index contributed by atoms with van der Waals surface area (Å²) in [5.41, 5.74) is 0. The number of methoxy groups -OCH3 is 1. The number of ether oxygens (including phenoxy) is 1. The molecular formula is C12H14N4O2S. The lowest BCUT2D eigenvalue weighted by molar-refractivity contribution is 0.0748. The highest BCUT2D eigenvalue weighted by atomic mass is 32.1. The molecule has 0 fully saturated rings. The van der Waals surface area contributed by atoms with Gasteiger partial charge in [0.15, 0.2) is 10.8 Å². The number of carbonyl (C=O) groups excluding carboxylic acids is 1. The molecule has 0 aliphatic heterocycles. The van der Waals surface area contributed by atoms with E-state index >= 15 is 0 Å². The Morgan fingerprint density at radius 1 is 1.37 bits per heavy atom. The van der Waals surface area contributed by atoms with Crippen LogP contribution in [0.3, 0.4) is 0 Å². The zero-order valence-electron chi connectivity index (χ0n) is 10.7. The maximum atomic E-state index is 12.1. The van der Waals surface area contributed by atoms with Crippen molar-refractivity contribution in [1.82, 2.24) is 19.9 Å². The van der Waals surface area contributed by atoms with Gasteiger partial charge in [0.2, 0.25) is 0 Å². The van der Waals surface area contributed by atoms with Crippen molar-refractivity contribution >= 4 is 17.2 Å². The number of likely N-dealkylation sites (N-methyl/N-ethyl adjacent to an activating group) is 1. The quantitative estimate of drug-likeness (QED) is 0.825. The van der Waals surface area contributed by atoms with Gasteiger partial charge in [0.05, 0.1) is 12.8 Å². The van der Waals surface area contributed by atoms with Gasteiger partial charge in [0.25, 0.3) is 5.91 Å². The first-order chi connectivity index (χ1) is 9.22. The normalized spacial score (nSPS) is 10.4. The average molecular weight is 278 g/mol. The highest BCUT2D eigenvalue weighted by Crippen LogP contribution is 2.22. The third-order valence-corrected chi connectivity index (χ3v) is 3.43. The number of rotatable bonds is 5. The van der Waals surface area contributed by atoms with Crippen LogP contribution < -0.4 is 0 Å². The number of amides is 1. The molecule has 19 heavy (non-hydrogen) atoms. The Labute approximate surface area is 115 Å². The van der Waals surface area contributed by atoms with Crippen LogP contribution in [-0.4, -0.2) is 53.1 Å². The molecule has 6 nitrogen and oxygen atoms in total. The molecule has 0 bridgehead atoms. The number of nitrogens with zero attached hydrogens (tertiary/aromatic N) is 4. The van der Waals surface area contributed by atoms with Gasteiger partial charge in [-0.3, -0.25) is 4.79 Å². The standard InChI is InChI=1S/C12H14N4O2S/c1-16(6-7-18-2)12(17)9-8-15-11(19-9)10-13-4-3-5-14-10/h3-5,8H,6-7H2,1-2H3. The highest BCUT2D eigenvalue weighted by molar-refractivity contribution is 7.16. The van der Waals surface area contributed by atoms with Gasteiger partial charge in [-0.05, 0) is 6.07 Å². The van der Waals surface area contributed by atoms with Crippen LogP contribution in [0.25, 0.3) is 10.8 Å². The average Bonchev–Trinajstić information content (AvgIpc) is 2.94. The predicted octanol–water partition coefficient (Wildman–Crippen LogP) is 1.32. The first-order valence-corrected chi connectivity index (χ1v) is 6.51. The van der Waals surface area contributed by atoms with Crippen molar-refractivity contribution in [3.8, 4) is 10.8 Å². The Morgan fingerprint density at radius 3 is 2.79 bits per heavy atom. The van der Waals surface area contributed by atoms with Gasteiger partial charge in [0, 0.05) is 33.1 Å². The molecule has 2 aromatic heterocycles. The van der Waals surface area contributed by atoms with Crippen molar-refractivity contribution in [2.45, 2.75) is 0 Å². The third-order valence-electron chi connectivity index (χ3n) is 2.45. The zero-order valence-corrected chi connectivity index (χ0v) is 11.6. The van der Waals surface area contributed by atoms with E-state index in [1.165, 1.54) is 11.3 Å².